The van der Waals surface area contributed by atoms with E-state index in [0.717, 1.165) is 0 Å². The molecule has 1 aromatic carbocycles. The predicted molar refractivity (Wildman–Crippen MR) is 76.7 cm³/mol. The quantitative estimate of drug-likeness (QED) is 0.337. The monoisotopic (exact) mass is 279 g/mol. The maximum atomic E-state index is 12.6. The van der Waals surface area contributed by atoms with Gasteiger partial charge in [0.1, 0.15) is 5.92 Å². The molecule has 0 saturated carbocycles. The number of benzene rings is 1. The van der Waals surface area contributed by atoms with Gasteiger partial charge in [0.05, 0.1) is 6.61 Å². The molecule has 1 aromatic rings. The summed E-state index contributed by atoms with van der Waals surface area (Å²) in [4.78, 5) is 14.2. The molecule has 110 valence electrons. The van der Waals surface area contributed by atoms with E-state index in [1.807, 2.05) is 25.1 Å². The lowest BCUT2D eigenvalue weighted by Gasteiger charge is -2.25. The summed E-state index contributed by atoms with van der Waals surface area (Å²) in [6.45, 7) is 3.32. The molecule has 1 unspecified atom stereocenters. The highest BCUT2D eigenvalue weighted by atomic mass is 16.5. The summed E-state index contributed by atoms with van der Waals surface area (Å²) in [6.07, 6.45) is 0. The van der Waals surface area contributed by atoms with Crippen molar-refractivity contribution in [1.82, 2.24) is 4.90 Å². The molecule has 1 rings (SSSR count). The molecule has 1 atom stereocenters. The molecule has 20 heavy (non-hydrogen) atoms. The lowest BCUT2D eigenvalue weighted by atomic mass is 9.96. The number of hydrogen-bond acceptors (Lipinski definition) is 4. The first-order chi connectivity index (χ1) is 9.65. The number of carbonyl (C=O) groups is 1. The Labute approximate surface area is 118 Å². The SMILES string of the molecule is CCN(CCOC)C(=O)C(C(N)=NO)c1ccccc1. The van der Waals surface area contributed by atoms with Crippen molar-refractivity contribution in [2.45, 2.75) is 12.8 Å². The van der Waals surface area contributed by atoms with Gasteiger partial charge in [-0.2, -0.15) is 0 Å². The van der Waals surface area contributed by atoms with E-state index in [2.05, 4.69) is 5.16 Å². The summed E-state index contributed by atoms with van der Waals surface area (Å²) in [5.74, 6) is -1.10. The number of rotatable bonds is 7. The zero-order valence-electron chi connectivity index (χ0n) is 11.8. The molecule has 0 bridgehead atoms. The minimum absolute atomic E-state index is 0.114. The van der Waals surface area contributed by atoms with Gasteiger partial charge in [0.15, 0.2) is 5.84 Å². The van der Waals surface area contributed by atoms with Gasteiger partial charge in [-0.1, -0.05) is 35.5 Å². The highest BCUT2D eigenvalue weighted by Crippen LogP contribution is 2.19. The van der Waals surface area contributed by atoms with E-state index in [4.69, 9.17) is 15.7 Å². The zero-order chi connectivity index (χ0) is 15.0. The third-order valence-electron chi connectivity index (χ3n) is 3.05. The summed E-state index contributed by atoms with van der Waals surface area (Å²) in [5, 5.41) is 11.9. The van der Waals surface area contributed by atoms with Crippen LogP contribution in [0.1, 0.15) is 18.4 Å². The number of carbonyl (C=O) groups excluding carboxylic acids is 1. The Hall–Kier alpha value is -2.08. The number of nitrogens with two attached hydrogens (primary N) is 1. The fourth-order valence-corrected chi connectivity index (χ4v) is 1.95. The van der Waals surface area contributed by atoms with Crippen molar-refractivity contribution in [2.24, 2.45) is 10.9 Å². The van der Waals surface area contributed by atoms with Crippen LogP contribution in [0.15, 0.2) is 35.5 Å². The van der Waals surface area contributed by atoms with E-state index in [1.54, 1.807) is 24.1 Å². The molecule has 0 heterocycles. The second-order valence-corrected chi connectivity index (χ2v) is 4.28. The van der Waals surface area contributed by atoms with Crippen LogP contribution in [0.5, 0.6) is 0 Å². The standard InChI is InChI=1S/C14H21N3O3/c1-3-17(9-10-20-2)14(18)12(13(15)16-19)11-7-5-4-6-8-11/h4-8,12,19H,3,9-10H2,1-2H3,(H2,15,16). The lowest BCUT2D eigenvalue weighted by molar-refractivity contribution is -0.131. The summed E-state index contributed by atoms with van der Waals surface area (Å²) < 4.78 is 4.99. The number of hydrogen-bond donors (Lipinski definition) is 2. The molecule has 0 aliphatic rings. The van der Waals surface area contributed by atoms with Crippen molar-refractivity contribution in [3.05, 3.63) is 35.9 Å². The van der Waals surface area contributed by atoms with E-state index >= 15 is 0 Å². The smallest absolute Gasteiger partial charge is 0.237 e. The molecule has 1 amide bonds. The van der Waals surface area contributed by atoms with Crippen LogP contribution in [-0.4, -0.2) is 48.7 Å². The Morgan fingerprint density at radius 3 is 2.60 bits per heavy atom. The van der Waals surface area contributed by atoms with Crippen molar-refractivity contribution in [3.8, 4) is 0 Å². The topological polar surface area (TPSA) is 88.2 Å². The van der Waals surface area contributed by atoms with Crippen molar-refractivity contribution in [2.75, 3.05) is 26.8 Å². The number of ether oxygens (including phenoxy) is 1. The number of methoxy groups -OCH3 is 1. The molecule has 6 nitrogen and oxygen atoms in total. The van der Waals surface area contributed by atoms with Gasteiger partial charge in [0.25, 0.3) is 0 Å². The Bertz CT molecular complexity index is 448. The zero-order valence-corrected chi connectivity index (χ0v) is 11.8. The molecule has 0 spiro atoms. The Morgan fingerprint density at radius 2 is 2.10 bits per heavy atom. The van der Waals surface area contributed by atoms with Crippen molar-refractivity contribution in [3.63, 3.8) is 0 Å². The summed E-state index contributed by atoms with van der Waals surface area (Å²) in [5.41, 5.74) is 6.39. The van der Waals surface area contributed by atoms with Gasteiger partial charge in [-0.25, -0.2) is 0 Å². The van der Waals surface area contributed by atoms with Crippen LogP contribution in [0.4, 0.5) is 0 Å². The molecule has 0 aromatic heterocycles. The Morgan fingerprint density at radius 1 is 1.45 bits per heavy atom. The van der Waals surface area contributed by atoms with E-state index in [0.29, 0.717) is 25.3 Å². The van der Waals surface area contributed by atoms with Gasteiger partial charge in [0.2, 0.25) is 5.91 Å². The van der Waals surface area contributed by atoms with Gasteiger partial charge < -0.3 is 20.6 Å². The molecule has 0 aliphatic heterocycles. The maximum Gasteiger partial charge on any atom is 0.237 e. The fraction of sp³-hybridized carbons (Fsp3) is 0.429. The average molecular weight is 279 g/mol. The Balaban J connectivity index is 3.02. The van der Waals surface area contributed by atoms with Crippen LogP contribution < -0.4 is 5.73 Å². The summed E-state index contributed by atoms with van der Waals surface area (Å²) in [7, 11) is 1.58. The summed E-state index contributed by atoms with van der Waals surface area (Å²) >= 11 is 0. The van der Waals surface area contributed by atoms with E-state index < -0.39 is 5.92 Å². The third-order valence-corrected chi connectivity index (χ3v) is 3.05. The van der Waals surface area contributed by atoms with Gasteiger partial charge in [-0.15, -0.1) is 0 Å². The van der Waals surface area contributed by atoms with Crippen LogP contribution in [0.3, 0.4) is 0 Å². The molecule has 0 aliphatic carbocycles. The highest BCUT2D eigenvalue weighted by molar-refractivity contribution is 6.07. The number of likely N-dealkylation sites (N-methyl/N-ethyl adjacent to an activating group) is 1. The molecule has 0 radical (unpaired) electrons. The minimum atomic E-state index is -0.780. The minimum Gasteiger partial charge on any atom is -0.409 e. The number of amidine groups is 1. The molecular formula is C14H21N3O3. The average Bonchev–Trinajstić information content (AvgIpc) is 2.49. The van der Waals surface area contributed by atoms with Crippen molar-refractivity contribution < 1.29 is 14.7 Å². The van der Waals surface area contributed by atoms with Crippen LogP contribution in [-0.2, 0) is 9.53 Å². The molecule has 0 fully saturated rings. The normalized spacial score (nSPS) is 13.0. The van der Waals surface area contributed by atoms with E-state index in [9.17, 15) is 4.79 Å². The van der Waals surface area contributed by atoms with Gasteiger partial charge >= 0.3 is 0 Å². The lowest BCUT2D eigenvalue weighted by Crippen LogP contribution is -2.42. The van der Waals surface area contributed by atoms with Crippen LogP contribution in [0.2, 0.25) is 0 Å². The maximum absolute atomic E-state index is 12.6. The van der Waals surface area contributed by atoms with Crippen LogP contribution >= 0.6 is 0 Å². The summed E-state index contributed by atoms with van der Waals surface area (Å²) in [6, 6.07) is 9.03. The second-order valence-electron chi connectivity index (χ2n) is 4.28. The van der Waals surface area contributed by atoms with Crippen LogP contribution in [0, 0.1) is 0 Å². The third kappa shape index (κ3) is 3.96. The first kappa shape index (κ1) is 16.0. The predicted octanol–water partition coefficient (Wildman–Crippen LogP) is 1.01. The second kappa shape index (κ2) is 8.16. The highest BCUT2D eigenvalue weighted by Gasteiger charge is 2.28. The molecule has 3 N–H and O–H groups in total. The first-order valence-electron chi connectivity index (χ1n) is 6.45. The largest absolute Gasteiger partial charge is 0.409 e. The van der Waals surface area contributed by atoms with E-state index in [-0.39, 0.29) is 11.7 Å². The van der Waals surface area contributed by atoms with Crippen LogP contribution in [0.25, 0.3) is 0 Å². The van der Waals surface area contributed by atoms with Gasteiger partial charge in [-0.05, 0) is 12.5 Å². The number of oxime groups is 1. The Kier molecular flexibility index (Phi) is 6.52. The molecule has 6 heteroatoms. The van der Waals surface area contributed by atoms with Gasteiger partial charge in [-0.3, -0.25) is 4.79 Å². The first-order valence-corrected chi connectivity index (χ1v) is 6.45. The van der Waals surface area contributed by atoms with Crippen molar-refractivity contribution >= 4 is 11.7 Å². The molecule has 0 saturated heterocycles. The number of nitrogens with zero attached hydrogens (tertiary/aromatic N) is 2. The van der Waals surface area contributed by atoms with E-state index in [1.165, 1.54) is 0 Å². The number of amides is 1. The van der Waals surface area contributed by atoms with Crippen molar-refractivity contribution in [1.29, 1.82) is 0 Å². The van der Waals surface area contributed by atoms with Gasteiger partial charge in [0, 0.05) is 20.2 Å². The fourth-order valence-electron chi connectivity index (χ4n) is 1.95. The molecular weight excluding hydrogens is 258 g/mol.